The fourth-order valence-corrected chi connectivity index (χ4v) is 5.44. The molecule has 28 heavy (non-hydrogen) atoms. The van der Waals surface area contributed by atoms with Gasteiger partial charge in [-0.15, -0.1) is 16.2 Å². The van der Waals surface area contributed by atoms with Crippen LogP contribution in [-0.2, 0) is 22.9 Å². The summed E-state index contributed by atoms with van der Waals surface area (Å²) in [5.74, 6) is 1.08. The normalized spacial score (nSPS) is 18.4. The zero-order valence-electron chi connectivity index (χ0n) is 15.5. The number of aryl methyl sites for hydroxylation is 1. The fraction of sp³-hybridized carbons (Fsp3) is 0.421. The highest BCUT2D eigenvalue weighted by atomic mass is 32.2. The van der Waals surface area contributed by atoms with Crippen LogP contribution in [0, 0.1) is 5.92 Å². The molecule has 2 heterocycles. The molecule has 4 rings (SSSR count). The van der Waals surface area contributed by atoms with Gasteiger partial charge in [0.1, 0.15) is 13.2 Å². The number of ether oxygens (including phenoxy) is 2. The Kier molecular flexibility index (Phi) is 5.31. The van der Waals surface area contributed by atoms with Crippen LogP contribution in [0.2, 0.25) is 0 Å². The van der Waals surface area contributed by atoms with E-state index in [4.69, 9.17) is 9.47 Å². The van der Waals surface area contributed by atoms with Crippen LogP contribution in [0.3, 0.4) is 0 Å². The predicted octanol–water partition coefficient (Wildman–Crippen LogP) is 2.66. The molecule has 1 aromatic heterocycles. The van der Waals surface area contributed by atoms with Gasteiger partial charge in [-0.2, -0.15) is 0 Å². The van der Waals surface area contributed by atoms with Gasteiger partial charge in [-0.25, -0.2) is 8.42 Å². The minimum absolute atomic E-state index is 0.00619. The first kappa shape index (κ1) is 19.2. The van der Waals surface area contributed by atoms with E-state index in [0.717, 1.165) is 25.7 Å². The fourth-order valence-electron chi connectivity index (χ4n) is 3.48. The average Bonchev–Trinajstić information content (AvgIpc) is 3.15. The summed E-state index contributed by atoms with van der Waals surface area (Å²) in [7, 11) is -3.92. The van der Waals surface area contributed by atoms with Crippen LogP contribution in [0.25, 0.3) is 0 Å². The molecule has 1 aromatic carbocycles. The number of nitrogens with one attached hydrogen (secondary N) is 2. The molecule has 7 nitrogen and oxygen atoms in total. The maximum Gasteiger partial charge on any atom is 0.276 e. The lowest BCUT2D eigenvalue weighted by molar-refractivity contribution is 0.0949. The first-order valence-electron chi connectivity index (χ1n) is 9.29. The van der Waals surface area contributed by atoms with E-state index in [2.05, 4.69) is 17.2 Å². The Morgan fingerprint density at radius 2 is 2.00 bits per heavy atom. The molecular weight excluding hydrogens is 400 g/mol. The van der Waals surface area contributed by atoms with Gasteiger partial charge in [-0.05, 0) is 48.9 Å². The molecule has 2 aromatic rings. The summed E-state index contributed by atoms with van der Waals surface area (Å²) in [4.78, 5) is 16.4. The summed E-state index contributed by atoms with van der Waals surface area (Å²) in [6.45, 7) is 2.97. The van der Waals surface area contributed by atoms with Gasteiger partial charge in [-0.3, -0.25) is 10.2 Å². The van der Waals surface area contributed by atoms with Gasteiger partial charge in [0, 0.05) is 10.9 Å². The number of hydrogen-bond donors (Lipinski definition) is 2. The zero-order valence-corrected chi connectivity index (χ0v) is 17.1. The number of thiophene rings is 1. The van der Waals surface area contributed by atoms with Crippen LogP contribution in [0.1, 0.15) is 39.9 Å². The number of rotatable bonds is 5. The monoisotopic (exact) mass is 422 g/mol. The second-order valence-corrected chi connectivity index (χ2v) is 9.76. The molecule has 0 spiro atoms. The number of benzene rings is 1. The van der Waals surface area contributed by atoms with Crippen molar-refractivity contribution in [3.63, 3.8) is 0 Å². The molecule has 150 valence electrons. The Morgan fingerprint density at radius 1 is 1.21 bits per heavy atom. The Hall–Kier alpha value is -2.10. The van der Waals surface area contributed by atoms with E-state index >= 15 is 0 Å². The molecule has 0 saturated heterocycles. The number of fused-ring (bicyclic) bond motifs is 2. The third kappa shape index (κ3) is 3.87. The number of carbonyl (C=O) groups excluding carboxylic acids is 1. The van der Waals surface area contributed by atoms with Gasteiger partial charge in [0.25, 0.3) is 15.9 Å². The summed E-state index contributed by atoms with van der Waals surface area (Å²) in [6, 6.07) is 6.23. The van der Waals surface area contributed by atoms with Crippen molar-refractivity contribution in [2.45, 2.75) is 37.5 Å². The third-order valence-electron chi connectivity index (χ3n) is 5.11. The van der Waals surface area contributed by atoms with E-state index in [1.807, 2.05) is 6.07 Å². The first-order chi connectivity index (χ1) is 13.5. The summed E-state index contributed by atoms with van der Waals surface area (Å²) < 4.78 is 35.8. The second kappa shape index (κ2) is 7.73. The van der Waals surface area contributed by atoms with Crippen LogP contribution in [0.4, 0.5) is 0 Å². The van der Waals surface area contributed by atoms with Crippen molar-refractivity contribution >= 4 is 27.3 Å². The highest BCUT2D eigenvalue weighted by molar-refractivity contribution is 7.89. The first-order valence-corrected chi connectivity index (χ1v) is 11.6. The minimum atomic E-state index is -3.92. The van der Waals surface area contributed by atoms with Gasteiger partial charge in [0.2, 0.25) is 0 Å². The van der Waals surface area contributed by atoms with Crippen LogP contribution in [-0.4, -0.2) is 27.5 Å². The van der Waals surface area contributed by atoms with Crippen molar-refractivity contribution in [1.82, 2.24) is 10.3 Å². The standard InChI is InChI=1S/C19H22N2O5S2/c1-2-12-3-6-17-13(9-12)10-18(27-17)19(22)20-21-28(23,24)14-4-5-15-16(11-14)26-8-7-25-15/h4-5,10-12,21H,2-3,6-9H2,1H3,(H,20,22). The molecule has 2 N–H and O–H groups in total. The summed E-state index contributed by atoms with van der Waals surface area (Å²) in [5.41, 5.74) is 3.52. The highest BCUT2D eigenvalue weighted by Crippen LogP contribution is 2.34. The van der Waals surface area contributed by atoms with Crippen molar-refractivity contribution in [3.05, 3.63) is 39.6 Å². The number of sulfonamides is 1. The molecule has 1 unspecified atom stereocenters. The van der Waals surface area contributed by atoms with Gasteiger partial charge < -0.3 is 9.47 Å². The van der Waals surface area contributed by atoms with Crippen LogP contribution >= 0.6 is 11.3 Å². The van der Waals surface area contributed by atoms with Crippen molar-refractivity contribution in [2.24, 2.45) is 5.92 Å². The highest BCUT2D eigenvalue weighted by Gasteiger charge is 2.24. The summed E-state index contributed by atoms with van der Waals surface area (Å²) in [6.07, 6.45) is 4.24. The molecule has 2 aliphatic rings. The quantitative estimate of drug-likeness (QED) is 0.723. The Balaban J connectivity index is 1.44. The van der Waals surface area contributed by atoms with E-state index in [0.29, 0.717) is 35.5 Å². The number of hydrogen-bond acceptors (Lipinski definition) is 6. The van der Waals surface area contributed by atoms with Crippen LogP contribution in [0.5, 0.6) is 11.5 Å². The average molecular weight is 423 g/mol. The lowest BCUT2D eigenvalue weighted by Gasteiger charge is -2.19. The van der Waals surface area contributed by atoms with E-state index in [9.17, 15) is 13.2 Å². The van der Waals surface area contributed by atoms with Crippen molar-refractivity contribution < 1.29 is 22.7 Å². The molecule has 9 heteroatoms. The van der Waals surface area contributed by atoms with E-state index < -0.39 is 15.9 Å². The van der Waals surface area contributed by atoms with E-state index in [-0.39, 0.29) is 4.90 Å². The molecule has 0 radical (unpaired) electrons. The largest absolute Gasteiger partial charge is 0.486 e. The van der Waals surface area contributed by atoms with E-state index in [1.54, 1.807) is 6.07 Å². The van der Waals surface area contributed by atoms with Crippen molar-refractivity contribution in [3.8, 4) is 11.5 Å². The van der Waals surface area contributed by atoms with Crippen LogP contribution in [0.15, 0.2) is 29.2 Å². The molecule has 1 aliphatic heterocycles. The minimum Gasteiger partial charge on any atom is -0.486 e. The topological polar surface area (TPSA) is 93.7 Å². The van der Waals surface area contributed by atoms with Crippen LogP contribution < -0.4 is 19.7 Å². The summed E-state index contributed by atoms with van der Waals surface area (Å²) >= 11 is 1.44. The zero-order chi connectivity index (χ0) is 19.7. The van der Waals surface area contributed by atoms with Gasteiger partial charge in [-0.1, -0.05) is 13.3 Å². The van der Waals surface area contributed by atoms with Crippen molar-refractivity contribution in [2.75, 3.05) is 13.2 Å². The molecular formula is C19H22N2O5S2. The Labute approximate surface area is 168 Å². The predicted molar refractivity (Wildman–Crippen MR) is 105 cm³/mol. The number of hydrazine groups is 1. The SMILES string of the molecule is CCC1CCc2sc(C(=O)NNS(=O)(=O)c3ccc4c(c3)OCCO4)cc2C1. The molecule has 0 bridgehead atoms. The van der Waals surface area contributed by atoms with Gasteiger partial charge >= 0.3 is 0 Å². The molecule has 1 atom stereocenters. The van der Waals surface area contributed by atoms with Gasteiger partial charge in [0.15, 0.2) is 11.5 Å². The second-order valence-electron chi connectivity index (χ2n) is 6.94. The molecule has 0 fully saturated rings. The molecule has 1 aliphatic carbocycles. The Morgan fingerprint density at radius 3 is 2.79 bits per heavy atom. The maximum atomic E-state index is 12.5. The maximum absolute atomic E-state index is 12.5. The molecule has 0 saturated carbocycles. The third-order valence-corrected chi connectivity index (χ3v) is 7.59. The van der Waals surface area contributed by atoms with Crippen molar-refractivity contribution in [1.29, 1.82) is 0 Å². The smallest absolute Gasteiger partial charge is 0.276 e. The van der Waals surface area contributed by atoms with Gasteiger partial charge in [0.05, 0.1) is 9.77 Å². The summed E-state index contributed by atoms with van der Waals surface area (Å²) in [5, 5.41) is 0. The number of amides is 1. The Bertz CT molecular complexity index is 1000. The lowest BCUT2D eigenvalue weighted by Crippen LogP contribution is -2.41. The molecule has 1 amide bonds. The van der Waals surface area contributed by atoms with E-state index in [1.165, 1.54) is 33.9 Å². The number of carbonyl (C=O) groups is 1. The lowest BCUT2D eigenvalue weighted by atomic mass is 9.87.